The smallest absolute Gasteiger partial charge is 0.343 e. The Labute approximate surface area is 396 Å². The number of benzene rings is 3. The summed E-state index contributed by atoms with van der Waals surface area (Å²) in [5.41, 5.74) is 1.06. The average molecular weight is 933 g/mol. The molecule has 4 N–H and O–H groups in total. The SMILES string of the molecule is CO[C@H]1C=CO[C@@]2(C)Oc3c(C)c(OC(=O)c4ccc(C)cc4)c4c(c3C2=O)C(=O)C(Nc2cc(C)cc(C)c2)=C(NC(=O)C(C)=CC=C[C@H](C)[C@H](O)[C@@H](C)[C@H](O)[C@H](C)[C@H](OC(C)=O)[C@@H]1C)C4=O. The van der Waals surface area contributed by atoms with Crippen molar-refractivity contribution in [2.24, 2.45) is 23.7 Å². The van der Waals surface area contributed by atoms with E-state index < -0.39 is 106 Å². The van der Waals surface area contributed by atoms with Crippen LogP contribution in [-0.4, -0.2) is 82.7 Å². The monoisotopic (exact) mass is 932 g/mol. The number of anilines is 1. The van der Waals surface area contributed by atoms with Gasteiger partial charge in [0.1, 0.15) is 29.0 Å². The molecule has 7 rings (SSSR count). The van der Waals surface area contributed by atoms with Gasteiger partial charge in [0.25, 0.3) is 11.7 Å². The molecule has 3 aromatic rings. The van der Waals surface area contributed by atoms with E-state index in [2.05, 4.69) is 10.6 Å². The minimum Gasteiger partial charge on any atom is -0.462 e. The number of aliphatic hydroxyl groups excluding tert-OH is 2. The van der Waals surface area contributed by atoms with E-state index in [1.807, 2.05) is 26.8 Å². The van der Waals surface area contributed by atoms with Gasteiger partial charge in [0.05, 0.1) is 46.8 Å². The summed E-state index contributed by atoms with van der Waals surface area (Å²) in [5.74, 6) is -10.4. The predicted octanol–water partition coefficient (Wildman–Crippen LogP) is 7.51. The number of methoxy groups -OCH3 is 1. The molecule has 15 nitrogen and oxygen atoms in total. The molecule has 3 aromatic carbocycles. The molecule has 4 aliphatic rings. The van der Waals surface area contributed by atoms with E-state index in [9.17, 15) is 29.4 Å². The Kier molecular flexibility index (Phi) is 15.1. The van der Waals surface area contributed by atoms with Gasteiger partial charge in [0.2, 0.25) is 11.6 Å². The minimum atomic E-state index is -2.18. The molecule has 0 radical (unpaired) electrons. The number of nitrogens with one attached hydrogen (secondary N) is 2. The van der Waals surface area contributed by atoms with E-state index in [1.165, 1.54) is 65.4 Å². The molecular formula is C53H60N2O13. The van der Waals surface area contributed by atoms with Crippen molar-refractivity contribution in [2.45, 2.75) is 106 Å². The molecular weight excluding hydrogens is 873 g/mol. The number of ether oxygens (including phenoxy) is 5. The number of allylic oxidation sites excluding steroid dienone is 4. The maximum Gasteiger partial charge on any atom is 0.343 e. The fourth-order valence-electron chi connectivity index (χ4n) is 8.96. The number of rotatable bonds is 6. The number of esters is 2. The molecule has 9 atom stereocenters. The lowest BCUT2D eigenvalue weighted by Gasteiger charge is -2.38. The second-order valence-corrected chi connectivity index (χ2v) is 18.3. The van der Waals surface area contributed by atoms with E-state index in [4.69, 9.17) is 23.7 Å². The van der Waals surface area contributed by atoms with Gasteiger partial charge in [-0.15, -0.1) is 0 Å². The number of carbonyl (C=O) groups excluding carboxylic acids is 6. The molecule has 0 aromatic heterocycles. The summed E-state index contributed by atoms with van der Waals surface area (Å²) in [6.07, 6.45) is 3.23. The van der Waals surface area contributed by atoms with Crippen LogP contribution in [0.4, 0.5) is 5.69 Å². The molecule has 1 amide bonds. The maximum absolute atomic E-state index is 15.3. The average Bonchev–Trinajstić information content (AvgIpc) is 3.55. The van der Waals surface area contributed by atoms with Crippen LogP contribution >= 0.6 is 0 Å². The van der Waals surface area contributed by atoms with Crippen molar-refractivity contribution < 1.29 is 62.7 Å². The highest BCUT2D eigenvalue weighted by Gasteiger charge is 2.53. The first-order valence-corrected chi connectivity index (χ1v) is 22.5. The van der Waals surface area contributed by atoms with E-state index in [1.54, 1.807) is 64.1 Å². The van der Waals surface area contributed by atoms with Crippen LogP contribution < -0.4 is 20.1 Å². The number of carbonyl (C=O) groups is 6. The van der Waals surface area contributed by atoms with Gasteiger partial charge in [-0.1, -0.05) is 69.7 Å². The van der Waals surface area contributed by atoms with Gasteiger partial charge in [-0.05, 0) is 76.1 Å². The van der Waals surface area contributed by atoms with Crippen molar-refractivity contribution in [3.8, 4) is 11.5 Å². The summed E-state index contributed by atoms with van der Waals surface area (Å²) in [6, 6.07) is 11.9. The van der Waals surface area contributed by atoms with Crippen molar-refractivity contribution in [1.82, 2.24) is 5.32 Å². The fraction of sp³-hybridized carbons (Fsp3) is 0.396. The third-order valence-electron chi connectivity index (χ3n) is 12.9. The van der Waals surface area contributed by atoms with Crippen LogP contribution in [-0.2, 0) is 23.8 Å². The van der Waals surface area contributed by atoms with Crippen molar-refractivity contribution >= 4 is 40.9 Å². The number of hydrogen-bond acceptors (Lipinski definition) is 14. The molecule has 15 heteroatoms. The van der Waals surface area contributed by atoms with E-state index in [0.717, 1.165) is 16.7 Å². The van der Waals surface area contributed by atoms with Gasteiger partial charge in [-0.3, -0.25) is 24.0 Å². The Morgan fingerprint density at radius 2 is 1.44 bits per heavy atom. The van der Waals surface area contributed by atoms with Gasteiger partial charge in [0, 0.05) is 61.5 Å². The normalized spacial score (nSPS) is 26.7. The molecule has 3 heterocycles. The molecule has 0 unspecified atom stereocenters. The first-order valence-electron chi connectivity index (χ1n) is 22.5. The van der Waals surface area contributed by atoms with Crippen LogP contribution in [0.15, 0.2) is 90.0 Å². The van der Waals surface area contributed by atoms with Crippen LogP contribution in [0.5, 0.6) is 11.5 Å². The third-order valence-corrected chi connectivity index (χ3v) is 12.9. The molecule has 3 aliphatic heterocycles. The van der Waals surface area contributed by atoms with Gasteiger partial charge in [-0.25, -0.2) is 4.79 Å². The van der Waals surface area contributed by atoms with Gasteiger partial charge >= 0.3 is 17.7 Å². The number of Topliss-reactive ketones (excluding diaryl/α,β-unsaturated/α-hetero) is 3. The summed E-state index contributed by atoms with van der Waals surface area (Å²) in [6.45, 7) is 17.9. The number of aryl methyl sites for hydroxylation is 3. The molecule has 5 bridgehead atoms. The number of amides is 1. The van der Waals surface area contributed by atoms with Crippen LogP contribution in [0, 0.1) is 51.4 Å². The van der Waals surface area contributed by atoms with Gasteiger partial charge in [0.15, 0.2) is 0 Å². The Bertz CT molecular complexity index is 2660. The highest BCUT2D eigenvalue weighted by atomic mass is 16.7. The number of ketones is 3. The third kappa shape index (κ3) is 10.1. The van der Waals surface area contributed by atoms with Crippen molar-refractivity contribution in [2.75, 3.05) is 12.4 Å². The van der Waals surface area contributed by atoms with Gasteiger partial charge in [-0.2, -0.15) is 0 Å². The Morgan fingerprint density at radius 3 is 2.06 bits per heavy atom. The number of hydrogen-bond donors (Lipinski definition) is 4. The summed E-state index contributed by atoms with van der Waals surface area (Å²) in [5, 5.41) is 28.8. The zero-order valence-electron chi connectivity index (χ0n) is 40.4. The molecule has 0 spiro atoms. The van der Waals surface area contributed by atoms with Crippen molar-refractivity contribution in [1.29, 1.82) is 0 Å². The van der Waals surface area contributed by atoms with E-state index in [0.29, 0.717) is 5.69 Å². The lowest BCUT2D eigenvalue weighted by Crippen LogP contribution is -2.46. The van der Waals surface area contributed by atoms with Crippen LogP contribution in [0.3, 0.4) is 0 Å². The highest BCUT2D eigenvalue weighted by molar-refractivity contribution is 6.33. The summed E-state index contributed by atoms with van der Waals surface area (Å²) >= 11 is 0. The van der Waals surface area contributed by atoms with Crippen LogP contribution in [0.1, 0.15) is 112 Å². The topological polar surface area (TPSA) is 213 Å². The summed E-state index contributed by atoms with van der Waals surface area (Å²) < 4.78 is 30.0. The van der Waals surface area contributed by atoms with Crippen LogP contribution in [0.25, 0.3) is 0 Å². The lowest BCUT2D eigenvalue weighted by atomic mass is 9.78. The number of aliphatic hydroxyl groups is 2. The zero-order valence-corrected chi connectivity index (χ0v) is 40.4. The van der Waals surface area contributed by atoms with Crippen molar-refractivity contribution in [3.63, 3.8) is 0 Å². The second-order valence-electron chi connectivity index (χ2n) is 18.3. The largest absolute Gasteiger partial charge is 0.462 e. The zero-order chi connectivity index (χ0) is 50.1. The summed E-state index contributed by atoms with van der Waals surface area (Å²) in [7, 11) is 1.42. The quantitative estimate of drug-likeness (QED) is 0.139. The highest BCUT2D eigenvalue weighted by Crippen LogP contribution is 2.49. The molecule has 0 saturated heterocycles. The number of fused-ring (bicyclic) bond motifs is 14. The molecule has 1 aliphatic carbocycles. The van der Waals surface area contributed by atoms with Crippen molar-refractivity contribution in [3.05, 3.63) is 135 Å². The Balaban J connectivity index is 1.58. The van der Waals surface area contributed by atoms with E-state index in [-0.39, 0.29) is 39.5 Å². The second kappa shape index (κ2) is 20.3. The Morgan fingerprint density at radius 1 is 0.794 bits per heavy atom. The molecule has 360 valence electrons. The van der Waals surface area contributed by atoms with E-state index >= 15 is 9.59 Å². The molecule has 0 fully saturated rings. The first-order chi connectivity index (χ1) is 32.0. The maximum atomic E-state index is 15.3. The van der Waals surface area contributed by atoms with Gasteiger partial charge < -0.3 is 44.5 Å². The molecule has 0 saturated carbocycles. The lowest BCUT2D eigenvalue weighted by molar-refractivity contribution is -0.160. The Hall–Kier alpha value is -6.68. The standard InChI is InChI=1S/C53H60N2O13/c1-25-16-18-35(19-17-25)52(63)67-48-33(9)49-40-38-39(48)46(60)42(41(45(38)59)54-36-23-26(2)22-27(3)24-36)55-51(62)29(5)15-13-14-28(4)43(57)31(7)44(58)32(8)47(66-34(10)56)30(6)37(64-12)20-21-65-53(11,68-49)50(40)61/h13-24,28,30-32,37,43-44,47,54,57-58H,1-12H3,(H,55,62)/t28-,30+,31+,32-,37-,43-,44-,47+,53-/m0/s1. The predicted molar refractivity (Wildman–Crippen MR) is 252 cm³/mol. The first kappa shape index (κ1) is 50.7. The summed E-state index contributed by atoms with van der Waals surface area (Å²) in [4.78, 5) is 85.9. The fourth-order valence-corrected chi connectivity index (χ4v) is 8.96. The molecule has 68 heavy (non-hydrogen) atoms. The van der Waals surface area contributed by atoms with Crippen LogP contribution in [0.2, 0.25) is 0 Å². The minimum absolute atomic E-state index is 0.0128.